The molecule has 2 N–H and O–H groups in total. The van der Waals surface area contributed by atoms with Crippen LogP contribution in [0.4, 0.5) is 13.2 Å². The topological polar surface area (TPSA) is 80.3 Å². The van der Waals surface area contributed by atoms with Crippen molar-refractivity contribution >= 4 is 11.8 Å². The lowest BCUT2D eigenvalue weighted by atomic mass is 10.0. The summed E-state index contributed by atoms with van der Waals surface area (Å²) in [5.74, 6) is -0.784. The second-order valence-electron chi connectivity index (χ2n) is 6.41. The molecule has 0 spiro atoms. The van der Waals surface area contributed by atoms with Crippen molar-refractivity contribution in [3.63, 3.8) is 0 Å². The Bertz CT molecular complexity index is 899. The SMILES string of the molecule is Cc1ncccc1Oc1cc(C(F)(F)F)ccc1C(=O)NC1CCNC(=O)C1. The summed E-state index contributed by atoms with van der Waals surface area (Å²) in [6.45, 7) is 2.07. The fourth-order valence-corrected chi connectivity index (χ4v) is 2.84. The number of halogens is 3. The number of hydrogen-bond acceptors (Lipinski definition) is 4. The van der Waals surface area contributed by atoms with Crippen LogP contribution in [0.5, 0.6) is 11.5 Å². The lowest BCUT2D eigenvalue weighted by Gasteiger charge is -2.23. The largest absolute Gasteiger partial charge is 0.455 e. The summed E-state index contributed by atoms with van der Waals surface area (Å²) >= 11 is 0. The Morgan fingerprint density at radius 2 is 2.07 bits per heavy atom. The molecule has 6 nitrogen and oxygen atoms in total. The summed E-state index contributed by atoms with van der Waals surface area (Å²) in [5.41, 5.74) is -0.518. The van der Waals surface area contributed by atoms with E-state index in [0.29, 0.717) is 18.7 Å². The Labute approximate surface area is 159 Å². The fraction of sp³-hybridized carbons (Fsp3) is 0.316. The number of nitrogens with one attached hydrogen (secondary N) is 2. The first kappa shape index (κ1) is 19.7. The molecule has 9 heteroatoms. The van der Waals surface area contributed by atoms with E-state index in [9.17, 15) is 22.8 Å². The van der Waals surface area contributed by atoms with Gasteiger partial charge in [0.15, 0.2) is 0 Å². The first-order chi connectivity index (χ1) is 13.2. The van der Waals surface area contributed by atoms with E-state index in [1.807, 2.05) is 0 Å². The Hall–Kier alpha value is -3.10. The number of aryl methyl sites for hydroxylation is 1. The summed E-state index contributed by atoms with van der Waals surface area (Å²) in [5, 5.41) is 5.34. The molecule has 1 fully saturated rings. The number of ether oxygens (including phenoxy) is 1. The van der Waals surface area contributed by atoms with E-state index in [-0.39, 0.29) is 29.4 Å². The Balaban J connectivity index is 1.91. The molecule has 0 aliphatic carbocycles. The van der Waals surface area contributed by atoms with E-state index in [4.69, 9.17) is 4.74 Å². The predicted molar refractivity (Wildman–Crippen MR) is 94.0 cm³/mol. The van der Waals surface area contributed by atoms with Gasteiger partial charge in [-0.15, -0.1) is 0 Å². The number of amides is 2. The van der Waals surface area contributed by atoms with Crippen molar-refractivity contribution < 1.29 is 27.5 Å². The van der Waals surface area contributed by atoms with E-state index in [0.717, 1.165) is 18.2 Å². The number of hydrogen-bond donors (Lipinski definition) is 2. The number of nitrogens with zero attached hydrogens (tertiary/aromatic N) is 1. The van der Waals surface area contributed by atoms with Gasteiger partial charge in [0.1, 0.15) is 11.5 Å². The van der Waals surface area contributed by atoms with Crippen LogP contribution in [0.3, 0.4) is 0 Å². The minimum absolute atomic E-state index is 0.0535. The molecule has 2 aromatic rings. The highest BCUT2D eigenvalue weighted by Crippen LogP contribution is 2.35. The summed E-state index contributed by atoms with van der Waals surface area (Å²) < 4.78 is 45.0. The lowest BCUT2D eigenvalue weighted by Crippen LogP contribution is -2.45. The van der Waals surface area contributed by atoms with Crippen LogP contribution in [0.25, 0.3) is 0 Å². The van der Waals surface area contributed by atoms with E-state index >= 15 is 0 Å². The van der Waals surface area contributed by atoms with Gasteiger partial charge in [-0.1, -0.05) is 0 Å². The number of alkyl halides is 3. The van der Waals surface area contributed by atoms with Gasteiger partial charge in [-0.3, -0.25) is 14.6 Å². The van der Waals surface area contributed by atoms with Gasteiger partial charge in [0, 0.05) is 25.2 Å². The molecular weight excluding hydrogens is 375 g/mol. The smallest absolute Gasteiger partial charge is 0.416 e. The summed E-state index contributed by atoms with van der Waals surface area (Å²) in [4.78, 5) is 28.2. The molecule has 1 aliphatic heterocycles. The second-order valence-corrected chi connectivity index (χ2v) is 6.41. The first-order valence-electron chi connectivity index (χ1n) is 8.62. The van der Waals surface area contributed by atoms with Crippen molar-refractivity contribution in [1.82, 2.24) is 15.6 Å². The maximum absolute atomic E-state index is 13.1. The molecule has 28 heavy (non-hydrogen) atoms. The molecule has 1 saturated heterocycles. The molecular formula is C19H18F3N3O3. The standard InChI is InChI=1S/C19H18F3N3O3/c1-11-15(3-2-7-23-11)28-16-9-12(19(20,21)22)4-5-14(16)18(27)25-13-6-8-24-17(26)10-13/h2-5,7,9,13H,6,8,10H2,1H3,(H,24,26)(H,25,27). The van der Waals surface area contributed by atoms with Gasteiger partial charge in [-0.25, -0.2) is 0 Å². The molecule has 3 rings (SSSR count). The number of carbonyl (C=O) groups is 2. The van der Waals surface area contributed by atoms with E-state index < -0.39 is 23.7 Å². The molecule has 1 aromatic carbocycles. The van der Waals surface area contributed by atoms with Gasteiger partial charge < -0.3 is 15.4 Å². The Kier molecular flexibility index (Phi) is 5.53. The highest BCUT2D eigenvalue weighted by Gasteiger charge is 2.32. The summed E-state index contributed by atoms with van der Waals surface area (Å²) in [7, 11) is 0. The molecule has 0 radical (unpaired) electrons. The van der Waals surface area contributed by atoms with Crippen molar-refractivity contribution in [1.29, 1.82) is 0 Å². The van der Waals surface area contributed by atoms with Gasteiger partial charge in [0.25, 0.3) is 5.91 Å². The van der Waals surface area contributed by atoms with Gasteiger partial charge in [-0.2, -0.15) is 13.2 Å². The minimum Gasteiger partial charge on any atom is -0.455 e. The number of rotatable bonds is 4. The Morgan fingerprint density at radius 3 is 2.75 bits per heavy atom. The molecule has 2 amide bonds. The average molecular weight is 393 g/mol. The molecule has 1 aliphatic rings. The third-order valence-electron chi connectivity index (χ3n) is 4.31. The molecule has 0 saturated carbocycles. The predicted octanol–water partition coefficient (Wildman–Crippen LogP) is 3.21. The first-order valence-corrected chi connectivity index (χ1v) is 8.62. The average Bonchev–Trinajstić information content (AvgIpc) is 2.63. The number of benzene rings is 1. The Morgan fingerprint density at radius 1 is 1.29 bits per heavy atom. The van der Waals surface area contributed by atoms with Crippen molar-refractivity contribution in [3.05, 3.63) is 53.3 Å². The fourth-order valence-electron chi connectivity index (χ4n) is 2.84. The van der Waals surface area contributed by atoms with E-state index in [2.05, 4.69) is 15.6 Å². The van der Waals surface area contributed by atoms with Gasteiger partial charge in [0.05, 0.1) is 16.8 Å². The normalized spacial score (nSPS) is 17.0. The van der Waals surface area contributed by atoms with Crippen molar-refractivity contribution in [2.75, 3.05) is 6.54 Å². The quantitative estimate of drug-likeness (QED) is 0.836. The van der Waals surface area contributed by atoms with Crippen molar-refractivity contribution in [2.24, 2.45) is 0 Å². The van der Waals surface area contributed by atoms with Crippen LogP contribution in [-0.4, -0.2) is 29.4 Å². The summed E-state index contributed by atoms with van der Waals surface area (Å²) in [6.07, 6.45) is -2.41. The van der Waals surface area contributed by atoms with Gasteiger partial charge >= 0.3 is 6.18 Å². The number of aromatic nitrogens is 1. The highest BCUT2D eigenvalue weighted by atomic mass is 19.4. The molecule has 0 bridgehead atoms. The zero-order chi connectivity index (χ0) is 20.3. The van der Waals surface area contributed by atoms with Crippen LogP contribution < -0.4 is 15.4 Å². The van der Waals surface area contributed by atoms with Crippen molar-refractivity contribution in [2.45, 2.75) is 32.0 Å². The van der Waals surface area contributed by atoms with Crippen molar-refractivity contribution in [3.8, 4) is 11.5 Å². The maximum atomic E-state index is 13.1. The van der Waals surface area contributed by atoms with E-state index in [1.54, 1.807) is 19.1 Å². The third kappa shape index (κ3) is 4.59. The third-order valence-corrected chi connectivity index (χ3v) is 4.31. The monoisotopic (exact) mass is 393 g/mol. The number of piperidine rings is 1. The van der Waals surface area contributed by atoms with E-state index in [1.165, 1.54) is 6.20 Å². The maximum Gasteiger partial charge on any atom is 0.416 e. The van der Waals surface area contributed by atoms with Crippen LogP contribution in [0.2, 0.25) is 0 Å². The van der Waals surface area contributed by atoms with Crippen LogP contribution in [0.15, 0.2) is 36.5 Å². The van der Waals surface area contributed by atoms with Gasteiger partial charge in [-0.05, 0) is 43.7 Å². The second kappa shape index (κ2) is 7.87. The molecule has 1 unspecified atom stereocenters. The molecule has 1 aromatic heterocycles. The zero-order valence-electron chi connectivity index (χ0n) is 15.0. The number of carbonyl (C=O) groups excluding carboxylic acids is 2. The van der Waals surface area contributed by atoms with Gasteiger partial charge in [0.2, 0.25) is 5.91 Å². The molecule has 2 heterocycles. The minimum atomic E-state index is -4.58. The molecule has 148 valence electrons. The van der Waals surface area contributed by atoms with Crippen LogP contribution >= 0.6 is 0 Å². The lowest BCUT2D eigenvalue weighted by molar-refractivity contribution is -0.137. The summed E-state index contributed by atoms with van der Waals surface area (Å²) in [6, 6.07) is 5.42. The zero-order valence-corrected chi connectivity index (χ0v) is 15.0. The molecule has 1 atom stereocenters. The van der Waals surface area contributed by atoms with Crippen LogP contribution in [-0.2, 0) is 11.0 Å². The highest BCUT2D eigenvalue weighted by molar-refractivity contribution is 5.97. The van der Waals surface area contributed by atoms with Crippen LogP contribution in [0.1, 0.15) is 34.5 Å². The number of pyridine rings is 1. The van der Waals surface area contributed by atoms with Crippen LogP contribution in [0, 0.1) is 6.92 Å².